The summed E-state index contributed by atoms with van der Waals surface area (Å²) in [6.45, 7) is 1.46. The van der Waals surface area contributed by atoms with E-state index in [1.807, 2.05) is 0 Å². The van der Waals surface area contributed by atoms with Crippen molar-refractivity contribution < 1.29 is 17.9 Å². The summed E-state index contributed by atoms with van der Waals surface area (Å²) >= 11 is 0. The van der Waals surface area contributed by atoms with Gasteiger partial charge in [-0.25, -0.2) is 13.1 Å². The third kappa shape index (κ3) is 4.15. The standard InChI is InChI=1S/C18H26N2O4S/c1-24-16-10-9-14(18(21)20-11-5-2-6-12-20)13-17(16)25(22,23)19-15-7-3-4-8-15/h9-10,13,15,19H,2-8,11-12H2,1H3. The molecule has 1 heterocycles. The Kier molecular flexibility index (Phi) is 5.64. The molecule has 1 N–H and O–H groups in total. The first-order chi connectivity index (χ1) is 12.0. The predicted molar refractivity (Wildman–Crippen MR) is 95.3 cm³/mol. The number of ether oxygens (including phenoxy) is 1. The molecule has 2 fully saturated rings. The first-order valence-electron chi connectivity index (χ1n) is 9.01. The van der Waals surface area contributed by atoms with Crippen LogP contribution < -0.4 is 9.46 Å². The van der Waals surface area contributed by atoms with E-state index in [2.05, 4.69) is 4.72 Å². The van der Waals surface area contributed by atoms with Gasteiger partial charge < -0.3 is 9.64 Å². The zero-order valence-electron chi connectivity index (χ0n) is 14.7. The predicted octanol–water partition coefficient (Wildman–Crippen LogP) is 2.54. The Bertz CT molecular complexity index is 721. The van der Waals surface area contributed by atoms with Crippen LogP contribution in [0.15, 0.2) is 23.1 Å². The van der Waals surface area contributed by atoms with Crippen molar-refractivity contribution in [3.63, 3.8) is 0 Å². The lowest BCUT2D eigenvalue weighted by atomic mass is 10.1. The van der Waals surface area contributed by atoms with E-state index in [-0.39, 0.29) is 22.6 Å². The summed E-state index contributed by atoms with van der Waals surface area (Å²) in [6.07, 6.45) is 6.92. The smallest absolute Gasteiger partial charge is 0.253 e. The van der Waals surface area contributed by atoms with E-state index in [1.165, 1.54) is 13.2 Å². The molecule has 1 saturated heterocycles. The zero-order valence-corrected chi connectivity index (χ0v) is 15.5. The van der Waals surface area contributed by atoms with E-state index in [4.69, 9.17) is 4.74 Å². The Balaban J connectivity index is 1.87. The normalized spacial score (nSPS) is 19.2. The number of carbonyl (C=O) groups is 1. The van der Waals surface area contributed by atoms with Crippen molar-refractivity contribution >= 4 is 15.9 Å². The highest BCUT2D eigenvalue weighted by atomic mass is 32.2. The molecule has 1 aromatic rings. The van der Waals surface area contributed by atoms with Crippen LogP contribution in [0.3, 0.4) is 0 Å². The quantitative estimate of drug-likeness (QED) is 0.869. The largest absolute Gasteiger partial charge is 0.495 e. The topological polar surface area (TPSA) is 75.7 Å². The number of likely N-dealkylation sites (tertiary alicyclic amines) is 1. The van der Waals surface area contributed by atoms with E-state index < -0.39 is 10.0 Å². The molecule has 1 aliphatic heterocycles. The molecule has 0 bridgehead atoms. The molecule has 0 aromatic heterocycles. The molecular formula is C18H26N2O4S. The first-order valence-corrected chi connectivity index (χ1v) is 10.5. The van der Waals surface area contributed by atoms with E-state index in [9.17, 15) is 13.2 Å². The highest BCUT2D eigenvalue weighted by Crippen LogP contribution is 2.28. The number of piperidine rings is 1. The van der Waals surface area contributed by atoms with Gasteiger partial charge in [0.05, 0.1) is 7.11 Å². The van der Waals surface area contributed by atoms with Gasteiger partial charge in [-0.15, -0.1) is 0 Å². The molecule has 2 aliphatic rings. The van der Waals surface area contributed by atoms with Crippen LogP contribution >= 0.6 is 0 Å². The first kappa shape index (κ1) is 18.2. The molecule has 6 nitrogen and oxygen atoms in total. The van der Waals surface area contributed by atoms with Crippen molar-refractivity contribution in [2.45, 2.75) is 55.9 Å². The molecule has 1 aliphatic carbocycles. The summed E-state index contributed by atoms with van der Waals surface area (Å²) in [5.74, 6) is 0.153. The maximum absolute atomic E-state index is 12.8. The average Bonchev–Trinajstić information content (AvgIpc) is 3.13. The SMILES string of the molecule is COc1ccc(C(=O)N2CCCCC2)cc1S(=O)(=O)NC1CCCC1. The fourth-order valence-electron chi connectivity index (χ4n) is 3.63. The molecule has 1 saturated carbocycles. The second-order valence-corrected chi connectivity index (χ2v) is 8.50. The highest BCUT2D eigenvalue weighted by molar-refractivity contribution is 7.89. The number of hydrogen-bond acceptors (Lipinski definition) is 4. The number of rotatable bonds is 5. The van der Waals surface area contributed by atoms with Gasteiger partial charge in [-0.3, -0.25) is 4.79 Å². The average molecular weight is 366 g/mol. The third-order valence-corrected chi connectivity index (χ3v) is 6.56. The molecule has 1 aromatic carbocycles. The minimum atomic E-state index is -3.72. The van der Waals surface area contributed by atoms with Gasteiger partial charge in [0.2, 0.25) is 10.0 Å². The lowest BCUT2D eigenvalue weighted by Gasteiger charge is -2.27. The zero-order chi connectivity index (χ0) is 17.9. The highest BCUT2D eigenvalue weighted by Gasteiger charge is 2.27. The van der Waals surface area contributed by atoms with Crippen LogP contribution in [0, 0.1) is 0 Å². The molecule has 3 rings (SSSR count). The summed E-state index contributed by atoms with van der Waals surface area (Å²) in [4.78, 5) is 14.5. The second-order valence-electron chi connectivity index (χ2n) is 6.82. The summed E-state index contributed by atoms with van der Waals surface area (Å²) in [5.41, 5.74) is 0.398. The van der Waals surface area contributed by atoms with Gasteiger partial charge in [0, 0.05) is 24.7 Å². The van der Waals surface area contributed by atoms with Crippen LogP contribution in [0.25, 0.3) is 0 Å². The lowest BCUT2D eigenvalue weighted by molar-refractivity contribution is 0.0724. The maximum atomic E-state index is 12.8. The van der Waals surface area contributed by atoms with Crippen molar-refractivity contribution in [2.24, 2.45) is 0 Å². The van der Waals surface area contributed by atoms with E-state index in [0.29, 0.717) is 5.56 Å². The summed E-state index contributed by atoms with van der Waals surface area (Å²) < 4.78 is 33.6. The minimum Gasteiger partial charge on any atom is -0.495 e. The Hall–Kier alpha value is -1.60. The second kappa shape index (κ2) is 7.74. The number of nitrogens with zero attached hydrogens (tertiary/aromatic N) is 1. The fraction of sp³-hybridized carbons (Fsp3) is 0.611. The molecule has 138 valence electrons. The minimum absolute atomic E-state index is 0.0313. The van der Waals surface area contributed by atoms with Gasteiger partial charge in [-0.2, -0.15) is 0 Å². The van der Waals surface area contributed by atoms with Crippen LogP contribution in [-0.4, -0.2) is 45.5 Å². The molecule has 0 spiro atoms. The number of sulfonamides is 1. The van der Waals surface area contributed by atoms with Gasteiger partial charge in [0.25, 0.3) is 5.91 Å². The molecule has 0 atom stereocenters. The van der Waals surface area contributed by atoms with Crippen LogP contribution in [0.1, 0.15) is 55.3 Å². The van der Waals surface area contributed by atoms with Gasteiger partial charge >= 0.3 is 0 Å². The summed E-state index contributed by atoms with van der Waals surface area (Å²) in [6, 6.07) is 4.63. The Morgan fingerprint density at radius 3 is 2.44 bits per heavy atom. The molecule has 7 heteroatoms. The van der Waals surface area contributed by atoms with Crippen LogP contribution in [-0.2, 0) is 10.0 Å². The monoisotopic (exact) mass is 366 g/mol. The molecule has 25 heavy (non-hydrogen) atoms. The summed E-state index contributed by atoms with van der Waals surface area (Å²) in [5, 5.41) is 0. The van der Waals surface area contributed by atoms with Crippen molar-refractivity contribution in [2.75, 3.05) is 20.2 Å². The van der Waals surface area contributed by atoms with E-state index >= 15 is 0 Å². The number of nitrogens with one attached hydrogen (secondary N) is 1. The van der Waals surface area contributed by atoms with Crippen LogP contribution in [0.2, 0.25) is 0 Å². The molecule has 0 radical (unpaired) electrons. The molecular weight excluding hydrogens is 340 g/mol. The number of carbonyl (C=O) groups excluding carboxylic acids is 1. The van der Waals surface area contributed by atoms with E-state index in [0.717, 1.165) is 58.0 Å². The van der Waals surface area contributed by atoms with Gasteiger partial charge in [0.1, 0.15) is 10.6 Å². The number of hydrogen-bond donors (Lipinski definition) is 1. The van der Waals surface area contributed by atoms with Crippen LogP contribution in [0.5, 0.6) is 5.75 Å². The van der Waals surface area contributed by atoms with Crippen molar-refractivity contribution in [1.29, 1.82) is 0 Å². The van der Waals surface area contributed by atoms with Crippen molar-refractivity contribution in [3.05, 3.63) is 23.8 Å². The summed E-state index contributed by atoms with van der Waals surface area (Å²) in [7, 11) is -2.28. The Labute approximate surface area is 149 Å². The number of amides is 1. The van der Waals surface area contributed by atoms with Gasteiger partial charge in [-0.05, 0) is 50.3 Å². The fourth-order valence-corrected chi connectivity index (χ4v) is 5.13. The van der Waals surface area contributed by atoms with E-state index in [1.54, 1.807) is 17.0 Å². The third-order valence-electron chi connectivity index (χ3n) is 5.02. The molecule has 1 amide bonds. The lowest BCUT2D eigenvalue weighted by Crippen LogP contribution is -2.36. The van der Waals surface area contributed by atoms with Crippen molar-refractivity contribution in [3.8, 4) is 5.75 Å². The van der Waals surface area contributed by atoms with Gasteiger partial charge in [-0.1, -0.05) is 12.8 Å². The van der Waals surface area contributed by atoms with Crippen molar-refractivity contribution in [1.82, 2.24) is 9.62 Å². The Morgan fingerprint density at radius 2 is 1.80 bits per heavy atom. The molecule has 0 unspecified atom stereocenters. The van der Waals surface area contributed by atoms with Crippen LogP contribution in [0.4, 0.5) is 0 Å². The Morgan fingerprint density at radius 1 is 1.12 bits per heavy atom. The number of methoxy groups -OCH3 is 1. The maximum Gasteiger partial charge on any atom is 0.253 e. The van der Waals surface area contributed by atoms with Gasteiger partial charge in [0.15, 0.2) is 0 Å². The number of benzene rings is 1.